The summed E-state index contributed by atoms with van der Waals surface area (Å²) < 4.78 is 0. The standard InChI is InChI=1S/C16H25NO/c1-2-13-7-9-14(10-8-13)11-17-12-15-5-3-4-6-16(15)18/h7-10,15-18H,2-6,11-12H2,1H3. The minimum Gasteiger partial charge on any atom is -0.393 e. The number of aliphatic hydroxyl groups is 1. The molecule has 1 fully saturated rings. The van der Waals surface area contributed by atoms with Gasteiger partial charge < -0.3 is 10.4 Å². The Balaban J connectivity index is 1.73. The zero-order valence-corrected chi connectivity index (χ0v) is 11.4. The normalized spacial score (nSPS) is 24.1. The lowest BCUT2D eigenvalue weighted by Crippen LogP contribution is -2.33. The number of rotatable bonds is 5. The molecule has 1 saturated carbocycles. The first-order valence-corrected chi connectivity index (χ1v) is 7.26. The van der Waals surface area contributed by atoms with Crippen molar-refractivity contribution in [2.24, 2.45) is 5.92 Å². The molecule has 0 heterocycles. The van der Waals surface area contributed by atoms with Crippen molar-refractivity contribution in [3.63, 3.8) is 0 Å². The van der Waals surface area contributed by atoms with Gasteiger partial charge in [-0.1, -0.05) is 44.0 Å². The summed E-state index contributed by atoms with van der Waals surface area (Å²) in [6.45, 7) is 4.03. The van der Waals surface area contributed by atoms with Gasteiger partial charge in [0.1, 0.15) is 0 Å². The van der Waals surface area contributed by atoms with Crippen molar-refractivity contribution in [1.29, 1.82) is 0 Å². The van der Waals surface area contributed by atoms with Crippen LogP contribution in [0.1, 0.15) is 43.7 Å². The van der Waals surface area contributed by atoms with Gasteiger partial charge in [0.25, 0.3) is 0 Å². The van der Waals surface area contributed by atoms with Gasteiger partial charge in [-0.25, -0.2) is 0 Å². The Labute approximate surface area is 110 Å². The average Bonchev–Trinajstić information content (AvgIpc) is 2.42. The van der Waals surface area contributed by atoms with Crippen LogP contribution >= 0.6 is 0 Å². The van der Waals surface area contributed by atoms with Gasteiger partial charge in [0.15, 0.2) is 0 Å². The first-order valence-electron chi connectivity index (χ1n) is 7.26. The number of benzene rings is 1. The lowest BCUT2D eigenvalue weighted by molar-refractivity contribution is 0.0695. The van der Waals surface area contributed by atoms with Crippen LogP contribution in [-0.4, -0.2) is 17.8 Å². The topological polar surface area (TPSA) is 32.3 Å². The fourth-order valence-corrected chi connectivity index (χ4v) is 2.72. The molecule has 1 aliphatic rings. The lowest BCUT2D eigenvalue weighted by atomic mass is 9.86. The number of hydrogen-bond donors (Lipinski definition) is 2. The molecule has 2 N–H and O–H groups in total. The van der Waals surface area contributed by atoms with Crippen LogP contribution < -0.4 is 5.32 Å². The van der Waals surface area contributed by atoms with E-state index in [1.165, 1.54) is 30.4 Å². The van der Waals surface area contributed by atoms with Crippen molar-refractivity contribution >= 4 is 0 Å². The third-order valence-electron chi connectivity index (χ3n) is 4.04. The van der Waals surface area contributed by atoms with E-state index in [4.69, 9.17) is 0 Å². The summed E-state index contributed by atoms with van der Waals surface area (Å²) in [5.74, 6) is 0.452. The first-order chi connectivity index (χ1) is 8.79. The Kier molecular flexibility index (Phi) is 5.21. The molecule has 2 rings (SSSR count). The molecule has 18 heavy (non-hydrogen) atoms. The van der Waals surface area contributed by atoms with Crippen LogP contribution in [0.3, 0.4) is 0 Å². The fraction of sp³-hybridized carbons (Fsp3) is 0.625. The predicted molar refractivity (Wildman–Crippen MR) is 75.5 cm³/mol. The van der Waals surface area contributed by atoms with Crippen LogP contribution in [0.5, 0.6) is 0 Å². The molecule has 1 aromatic carbocycles. The van der Waals surface area contributed by atoms with Crippen LogP contribution in [0.15, 0.2) is 24.3 Å². The average molecular weight is 247 g/mol. The Morgan fingerprint density at radius 2 is 1.78 bits per heavy atom. The Morgan fingerprint density at radius 3 is 2.44 bits per heavy atom. The second-order valence-corrected chi connectivity index (χ2v) is 5.41. The molecule has 0 radical (unpaired) electrons. The minimum atomic E-state index is -0.0892. The number of nitrogens with one attached hydrogen (secondary N) is 1. The zero-order chi connectivity index (χ0) is 12.8. The predicted octanol–water partition coefficient (Wildman–Crippen LogP) is 2.89. The third-order valence-corrected chi connectivity index (χ3v) is 4.04. The van der Waals surface area contributed by atoms with Crippen molar-refractivity contribution in [2.75, 3.05) is 6.54 Å². The van der Waals surface area contributed by atoms with Gasteiger partial charge >= 0.3 is 0 Å². The molecule has 1 aliphatic carbocycles. The molecule has 0 spiro atoms. The summed E-state index contributed by atoms with van der Waals surface area (Å²) >= 11 is 0. The molecule has 2 unspecified atom stereocenters. The van der Waals surface area contributed by atoms with Gasteiger partial charge in [0, 0.05) is 13.1 Å². The maximum Gasteiger partial charge on any atom is 0.0580 e. The zero-order valence-electron chi connectivity index (χ0n) is 11.4. The van der Waals surface area contributed by atoms with Gasteiger partial charge in [-0.05, 0) is 36.3 Å². The first kappa shape index (κ1) is 13.6. The summed E-state index contributed by atoms with van der Waals surface area (Å²) in [7, 11) is 0. The van der Waals surface area contributed by atoms with Gasteiger partial charge in [-0.2, -0.15) is 0 Å². The van der Waals surface area contributed by atoms with Crippen LogP contribution in [0.25, 0.3) is 0 Å². The highest BCUT2D eigenvalue weighted by molar-refractivity contribution is 5.22. The SMILES string of the molecule is CCc1ccc(CNCC2CCCCC2O)cc1. The maximum atomic E-state index is 9.89. The van der Waals surface area contributed by atoms with E-state index in [1.807, 2.05) is 0 Å². The van der Waals surface area contributed by atoms with E-state index < -0.39 is 0 Å². The van der Waals surface area contributed by atoms with Crippen LogP contribution in [0.4, 0.5) is 0 Å². The molecular formula is C16H25NO. The van der Waals surface area contributed by atoms with Crippen molar-refractivity contribution < 1.29 is 5.11 Å². The Bertz CT molecular complexity index is 347. The number of aliphatic hydroxyl groups excluding tert-OH is 1. The number of hydrogen-bond acceptors (Lipinski definition) is 2. The Hall–Kier alpha value is -0.860. The summed E-state index contributed by atoms with van der Waals surface area (Å²) in [5.41, 5.74) is 2.72. The molecule has 0 amide bonds. The van der Waals surface area contributed by atoms with Crippen molar-refractivity contribution in [2.45, 2.75) is 51.7 Å². The van der Waals surface area contributed by atoms with Gasteiger partial charge in [-0.3, -0.25) is 0 Å². The molecular weight excluding hydrogens is 222 g/mol. The van der Waals surface area contributed by atoms with Gasteiger partial charge in [-0.15, -0.1) is 0 Å². The summed E-state index contributed by atoms with van der Waals surface area (Å²) in [6, 6.07) is 8.80. The minimum absolute atomic E-state index is 0.0892. The van der Waals surface area contributed by atoms with Gasteiger partial charge in [0.05, 0.1) is 6.10 Å². The van der Waals surface area contributed by atoms with E-state index >= 15 is 0 Å². The molecule has 1 aromatic rings. The molecule has 0 saturated heterocycles. The quantitative estimate of drug-likeness (QED) is 0.838. The van der Waals surface area contributed by atoms with Crippen molar-refractivity contribution in [1.82, 2.24) is 5.32 Å². The summed E-state index contributed by atoms with van der Waals surface area (Å²) in [4.78, 5) is 0. The lowest BCUT2D eigenvalue weighted by Gasteiger charge is -2.27. The highest BCUT2D eigenvalue weighted by Gasteiger charge is 2.22. The van der Waals surface area contributed by atoms with E-state index in [-0.39, 0.29) is 6.10 Å². The molecule has 2 atom stereocenters. The second-order valence-electron chi connectivity index (χ2n) is 5.41. The van der Waals surface area contributed by atoms with E-state index in [1.54, 1.807) is 0 Å². The Morgan fingerprint density at radius 1 is 1.11 bits per heavy atom. The molecule has 100 valence electrons. The highest BCUT2D eigenvalue weighted by Crippen LogP contribution is 2.23. The van der Waals surface area contributed by atoms with Crippen LogP contribution in [0, 0.1) is 5.92 Å². The molecule has 0 aromatic heterocycles. The fourth-order valence-electron chi connectivity index (χ4n) is 2.72. The molecule has 2 heteroatoms. The largest absolute Gasteiger partial charge is 0.393 e. The van der Waals surface area contributed by atoms with E-state index in [9.17, 15) is 5.11 Å². The molecule has 0 aliphatic heterocycles. The highest BCUT2D eigenvalue weighted by atomic mass is 16.3. The number of aryl methyl sites for hydroxylation is 1. The summed E-state index contributed by atoms with van der Waals surface area (Å²) in [5, 5.41) is 13.4. The van der Waals surface area contributed by atoms with Crippen LogP contribution in [-0.2, 0) is 13.0 Å². The van der Waals surface area contributed by atoms with Crippen LogP contribution in [0.2, 0.25) is 0 Å². The monoisotopic (exact) mass is 247 g/mol. The van der Waals surface area contributed by atoms with E-state index in [2.05, 4.69) is 36.5 Å². The molecule has 2 nitrogen and oxygen atoms in total. The summed E-state index contributed by atoms with van der Waals surface area (Å²) in [6.07, 6.45) is 5.63. The van der Waals surface area contributed by atoms with Crippen molar-refractivity contribution in [3.8, 4) is 0 Å². The second kappa shape index (κ2) is 6.91. The van der Waals surface area contributed by atoms with E-state index in [0.29, 0.717) is 5.92 Å². The van der Waals surface area contributed by atoms with E-state index in [0.717, 1.165) is 25.9 Å². The smallest absolute Gasteiger partial charge is 0.0580 e. The maximum absolute atomic E-state index is 9.89. The van der Waals surface area contributed by atoms with Crippen molar-refractivity contribution in [3.05, 3.63) is 35.4 Å². The molecule has 0 bridgehead atoms. The van der Waals surface area contributed by atoms with Gasteiger partial charge in [0.2, 0.25) is 0 Å². The third kappa shape index (κ3) is 3.82.